The number of nitrogens with zero attached hydrogens (tertiary/aromatic N) is 4. The summed E-state index contributed by atoms with van der Waals surface area (Å²) < 4.78 is 10.7. The molecule has 130 valence electrons. The van der Waals surface area contributed by atoms with Crippen LogP contribution in [-0.4, -0.2) is 33.0 Å². The Morgan fingerprint density at radius 2 is 2.00 bits per heavy atom. The van der Waals surface area contributed by atoms with Gasteiger partial charge in [-0.25, -0.2) is 0 Å². The molecule has 7 nitrogen and oxygen atoms in total. The number of hydrogen-bond donors (Lipinski definition) is 0. The Hall–Kier alpha value is -2.96. The first-order chi connectivity index (χ1) is 12.1. The molecule has 7 heteroatoms. The van der Waals surface area contributed by atoms with Gasteiger partial charge in [0.2, 0.25) is 17.6 Å². The van der Waals surface area contributed by atoms with Gasteiger partial charge in [-0.15, -0.1) is 0 Å². The highest BCUT2D eigenvalue weighted by molar-refractivity contribution is 5.75. The molecule has 0 aliphatic rings. The minimum atomic E-state index is 0.0583. The number of hydrogen-bond acceptors (Lipinski definition) is 6. The van der Waals surface area contributed by atoms with Crippen LogP contribution >= 0.6 is 0 Å². The number of carbonyl (C=O) groups excluding carboxylic acids is 1. The third-order valence-corrected chi connectivity index (χ3v) is 3.80. The summed E-state index contributed by atoms with van der Waals surface area (Å²) in [5, 5.41) is 3.96. The molecule has 0 aliphatic heterocycles. The second kappa shape index (κ2) is 7.74. The second-order valence-electron chi connectivity index (χ2n) is 5.86. The van der Waals surface area contributed by atoms with Gasteiger partial charge in [0.25, 0.3) is 0 Å². The third kappa shape index (κ3) is 4.53. The number of furan rings is 1. The van der Waals surface area contributed by atoms with Gasteiger partial charge in [0.05, 0.1) is 6.54 Å². The second-order valence-corrected chi connectivity index (χ2v) is 5.86. The summed E-state index contributed by atoms with van der Waals surface area (Å²) in [7, 11) is 1.77. The number of aromatic nitrogens is 3. The molecule has 0 saturated heterocycles. The smallest absolute Gasteiger partial charge is 0.226 e. The van der Waals surface area contributed by atoms with Crippen LogP contribution in [-0.2, 0) is 17.8 Å². The van der Waals surface area contributed by atoms with Crippen LogP contribution < -0.4 is 0 Å². The van der Waals surface area contributed by atoms with Crippen LogP contribution in [0.15, 0.2) is 45.6 Å². The lowest BCUT2D eigenvalue weighted by atomic mass is 10.2. The highest BCUT2D eigenvalue weighted by Crippen LogP contribution is 2.15. The van der Waals surface area contributed by atoms with Gasteiger partial charge in [-0.1, -0.05) is 5.16 Å². The van der Waals surface area contributed by atoms with Gasteiger partial charge in [0.15, 0.2) is 0 Å². The molecule has 0 aliphatic carbocycles. The van der Waals surface area contributed by atoms with E-state index < -0.39 is 0 Å². The molecule has 3 heterocycles. The van der Waals surface area contributed by atoms with Gasteiger partial charge in [-0.2, -0.15) is 4.98 Å². The van der Waals surface area contributed by atoms with E-state index in [2.05, 4.69) is 15.1 Å². The highest BCUT2D eigenvalue weighted by atomic mass is 16.5. The van der Waals surface area contributed by atoms with E-state index >= 15 is 0 Å². The quantitative estimate of drug-likeness (QED) is 0.657. The summed E-state index contributed by atoms with van der Waals surface area (Å²) in [6, 6.07) is 7.43. The van der Waals surface area contributed by atoms with Crippen LogP contribution in [0.25, 0.3) is 11.4 Å². The summed E-state index contributed by atoms with van der Waals surface area (Å²) in [4.78, 5) is 22.1. The Labute approximate surface area is 145 Å². The Kier molecular flexibility index (Phi) is 5.23. The zero-order chi connectivity index (χ0) is 17.6. The van der Waals surface area contributed by atoms with Crippen molar-refractivity contribution >= 4 is 5.91 Å². The highest BCUT2D eigenvalue weighted by Gasteiger charge is 2.13. The lowest BCUT2D eigenvalue weighted by Gasteiger charge is -2.15. The van der Waals surface area contributed by atoms with E-state index in [9.17, 15) is 4.79 Å². The molecule has 0 aromatic carbocycles. The van der Waals surface area contributed by atoms with E-state index in [0.717, 1.165) is 17.1 Å². The summed E-state index contributed by atoms with van der Waals surface area (Å²) >= 11 is 0. The molecule has 0 saturated carbocycles. The van der Waals surface area contributed by atoms with Crippen molar-refractivity contribution in [1.82, 2.24) is 20.0 Å². The lowest BCUT2D eigenvalue weighted by Crippen LogP contribution is -2.25. The zero-order valence-corrected chi connectivity index (χ0v) is 14.3. The van der Waals surface area contributed by atoms with Crippen molar-refractivity contribution in [3.8, 4) is 11.4 Å². The summed E-state index contributed by atoms with van der Waals surface area (Å²) in [5.41, 5.74) is 0.856. The Bertz CT molecular complexity index is 826. The fraction of sp³-hybridized carbons (Fsp3) is 0.333. The van der Waals surface area contributed by atoms with Gasteiger partial charge >= 0.3 is 0 Å². The van der Waals surface area contributed by atoms with Gasteiger partial charge < -0.3 is 13.8 Å². The van der Waals surface area contributed by atoms with E-state index in [4.69, 9.17) is 8.94 Å². The number of pyridine rings is 1. The van der Waals surface area contributed by atoms with Gasteiger partial charge in [-0.3, -0.25) is 9.78 Å². The monoisotopic (exact) mass is 340 g/mol. The van der Waals surface area contributed by atoms with E-state index in [1.807, 2.05) is 31.2 Å². The third-order valence-electron chi connectivity index (χ3n) is 3.80. The molecule has 0 N–H and O–H groups in total. The summed E-state index contributed by atoms with van der Waals surface area (Å²) in [6.45, 7) is 2.36. The van der Waals surface area contributed by atoms with Crippen molar-refractivity contribution in [2.45, 2.75) is 32.7 Å². The molecule has 25 heavy (non-hydrogen) atoms. The van der Waals surface area contributed by atoms with E-state index in [0.29, 0.717) is 37.5 Å². The van der Waals surface area contributed by atoms with Crippen LogP contribution in [0.1, 0.15) is 30.3 Å². The van der Waals surface area contributed by atoms with E-state index in [-0.39, 0.29) is 5.91 Å². The molecule has 3 aromatic heterocycles. The van der Waals surface area contributed by atoms with Crippen molar-refractivity contribution in [2.75, 3.05) is 7.05 Å². The molecule has 3 aromatic rings. The normalized spacial score (nSPS) is 10.8. The molecular weight excluding hydrogens is 320 g/mol. The largest absolute Gasteiger partial charge is 0.464 e. The first-order valence-corrected chi connectivity index (χ1v) is 8.14. The number of carbonyl (C=O) groups is 1. The summed E-state index contributed by atoms with van der Waals surface area (Å²) in [6.07, 6.45) is 5.00. The fourth-order valence-electron chi connectivity index (χ4n) is 2.45. The standard InChI is InChI=1S/C18H20N4O3/c1-13-6-7-15(24-13)12-22(2)17(23)5-3-4-16-20-18(21-25-16)14-8-10-19-11-9-14/h6-11H,3-5,12H2,1-2H3. The maximum Gasteiger partial charge on any atom is 0.226 e. The van der Waals surface area contributed by atoms with Crippen LogP contribution in [0, 0.1) is 6.92 Å². The average molecular weight is 340 g/mol. The molecule has 3 rings (SSSR count). The number of aryl methyl sites for hydroxylation is 2. The van der Waals surface area contributed by atoms with Gasteiger partial charge in [0.1, 0.15) is 11.5 Å². The molecule has 0 spiro atoms. The van der Waals surface area contributed by atoms with Crippen molar-refractivity contribution in [2.24, 2.45) is 0 Å². The number of amides is 1. The van der Waals surface area contributed by atoms with Crippen LogP contribution in [0.2, 0.25) is 0 Å². The Morgan fingerprint density at radius 1 is 1.20 bits per heavy atom. The first-order valence-electron chi connectivity index (χ1n) is 8.14. The van der Waals surface area contributed by atoms with E-state index in [1.165, 1.54) is 0 Å². The molecule has 0 radical (unpaired) electrons. The topological polar surface area (TPSA) is 85.3 Å². The van der Waals surface area contributed by atoms with Crippen molar-refractivity contribution in [3.05, 3.63) is 54.1 Å². The van der Waals surface area contributed by atoms with Crippen LogP contribution in [0.3, 0.4) is 0 Å². The van der Waals surface area contributed by atoms with Gasteiger partial charge in [-0.05, 0) is 37.6 Å². The minimum absolute atomic E-state index is 0.0583. The molecule has 0 atom stereocenters. The summed E-state index contributed by atoms with van der Waals surface area (Å²) in [5.74, 6) is 2.75. The Morgan fingerprint density at radius 3 is 2.72 bits per heavy atom. The zero-order valence-electron chi connectivity index (χ0n) is 14.3. The molecular formula is C18H20N4O3. The van der Waals surface area contributed by atoms with Crippen molar-refractivity contribution in [1.29, 1.82) is 0 Å². The SMILES string of the molecule is Cc1ccc(CN(C)C(=O)CCCc2nc(-c3ccncc3)no2)o1. The fourth-order valence-corrected chi connectivity index (χ4v) is 2.45. The van der Waals surface area contributed by atoms with Crippen LogP contribution in [0.4, 0.5) is 0 Å². The molecule has 0 bridgehead atoms. The molecule has 1 amide bonds. The predicted octanol–water partition coefficient (Wildman–Crippen LogP) is 3.01. The Balaban J connectivity index is 1.46. The predicted molar refractivity (Wildman–Crippen MR) is 90.4 cm³/mol. The molecule has 0 unspecified atom stereocenters. The molecule has 0 fully saturated rings. The number of rotatable bonds is 7. The van der Waals surface area contributed by atoms with Crippen molar-refractivity contribution < 1.29 is 13.7 Å². The van der Waals surface area contributed by atoms with Gasteiger partial charge in [0, 0.05) is 37.8 Å². The minimum Gasteiger partial charge on any atom is -0.464 e. The maximum absolute atomic E-state index is 12.2. The maximum atomic E-state index is 12.2. The van der Waals surface area contributed by atoms with E-state index in [1.54, 1.807) is 24.3 Å². The lowest BCUT2D eigenvalue weighted by molar-refractivity contribution is -0.130. The average Bonchev–Trinajstić information content (AvgIpc) is 3.25. The van der Waals surface area contributed by atoms with Crippen LogP contribution in [0.5, 0.6) is 0 Å². The van der Waals surface area contributed by atoms with Crippen molar-refractivity contribution in [3.63, 3.8) is 0 Å². The first kappa shape index (κ1) is 16.9.